The summed E-state index contributed by atoms with van der Waals surface area (Å²) < 4.78 is 7.02. The summed E-state index contributed by atoms with van der Waals surface area (Å²) in [4.78, 5) is 0. The highest BCUT2D eigenvalue weighted by molar-refractivity contribution is 5.43. The molecule has 2 aromatic rings. The van der Waals surface area contributed by atoms with Crippen LogP contribution in [0.3, 0.4) is 0 Å². The minimum Gasteiger partial charge on any atom is -0.494 e. The van der Waals surface area contributed by atoms with Crippen molar-refractivity contribution < 1.29 is 4.74 Å². The fourth-order valence-electron chi connectivity index (χ4n) is 1.38. The van der Waals surface area contributed by atoms with Gasteiger partial charge in [-0.1, -0.05) is 0 Å². The predicted octanol–water partition coefficient (Wildman–Crippen LogP) is 1.85. The summed E-state index contributed by atoms with van der Waals surface area (Å²) in [6.07, 6.45) is 1.67. The lowest BCUT2D eigenvalue weighted by Gasteiger charge is -2.06. The number of benzene rings is 1. The molecule has 78 valence electrons. The molecule has 0 bridgehead atoms. The van der Waals surface area contributed by atoms with Gasteiger partial charge in [-0.15, -0.1) is 0 Å². The van der Waals surface area contributed by atoms with Crippen LogP contribution < -0.4 is 10.5 Å². The third kappa shape index (κ3) is 1.93. The van der Waals surface area contributed by atoms with Gasteiger partial charge < -0.3 is 10.5 Å². The van der Waals surface area contributed by atoms with Crippen LogP contribution in [0.2, 0.25) is 0 Å². The summed E-state index contributed by atoms with van der Waals surface area (Å²) in [5, 5.41) is 4.11. The summed E-state index contributed by atoms with van der Waals surface area (Å²) in [5.74, 6) is 1.48. The number of hydrogen-bond acceptors (Lipinski definition) is 3. The monoisotopic (exact) mass is 203 g/mol. The highest BCUT2D eigenvalue weighted by Gasteiger charge is 2.00. The van der Waals surface area contributed by atoms with E-state index >= 15 is 0 Å². The smallest absolute Gasteiger partial charge is 0.127 e. The average molecular weight is 203 g/mol. The highest BCUT2D eigenvalue weighted by atomic mass is 16.5. The first-order valence-electron chi connectivity index (χ1n) is 4.84. The van der Waals surface area contributed by atoms with Crippen molar-refractivity contribution in [2.75, 3.05) is 12.3 Å². The van der Waals surface area contributed by atoms with Gasteiger partial charge >= 0.3 is 0 Å². The second-order valence-electron chi connectivity index (χ2n) is 3.09. The van der Waals surface area contributed by atoms with E-state index in [1.807, 2.05) is 31.2 Å². The van der Waals surface area contributed by atoms with Crippen LogP contribution in [-0.4, -0.2) is 16.4 Å². The Balaban J connectivity index is 2.28. The molecule has 4 nitrogen and oxygen atoms in total. The molecule has 1 heterocycles. The van der Waals surface area contributed by atoms with Crippen LogP contribution >= 0.6 is 0 Å². The summed E-state index contributed by atoms with van der Waals surface area (Å²) in [6.45, 7) is 2.63. The van der Waals surface area contributed by atoms with Crippen molar-refractivity contribution in [3.05, 3.63) is 36.5 Å². The Hall–Kier alpha value is -1.97. The molecule has 2 N–H and O–H groups in total. The third-order valence-corrected chi connectivity index (χ3v) is 2.06. The van der Waals surface area contributed by atoms with Crippen molar-refractivity contribution >= 4 is 5.82 Å². The first-order chi connectivity index (χ1) is 7.31. The lowest BCUT2D eigenvalue weighted by atomic mass is 10.3. The summed E-state index contributed by atoms with van der Waals surface area (Å²) in [7, 11) is 0. The number of ether oxygens (including phenoxy) is 1. The van der Waals surface area contributed by atoms with E-state index in [9.17, 15) is 0 Å². The molecule has 0 aliphatic heterocycles. The number of rotatable bonds is 3. The Morgan fingerprint density at radius 1 is 1.27 bits per heavy atom. The van der Waals surface area contributed by atoms with E-state index in [4.69, 9.17) is 10.5 Å². The summed E-state index contributed by atoms with van der Waals surface area (Å²) in [5.41, 5.74) is 6.67. The minimum atomic E-state index is 0.624. The van der Waals surface area contributed by atoms with Crippen LogP contribution in [0.25, 0.3) is 5.69 Å². The fraction of sp³-hybridized carbons (Fsp3) is 0.182. The molecule has 0 amide bonds. The van der Waals surface area contributed by atoms with Gasteiger partial charge in [-0.3, -0.25) is 0 Å². The van der Waals surface area contributed by atoms with Crippen LogP contribution in [0, 0.1) is 0 Å². The van der Waals surface area contributed by atoms with Gasteiger partial charge in [-0.25, -0.2) is 4.68 Å². The van der Waals surface area contributed by atoms with Gasteiger partial charge in [-0.05, 0) is 31.2 Å². The molecule has 0 radical (unpaired) electrons. The van der Waals surface area contributed by atoms with Crippen LogP contribution in [-0.2, 0) is 0 Å². The quantitative estimate of drug-likeness (QED) is 0.828. The maximum Gasteiger partial charge on any atom is 0.127 e. The number of nitrogens with zero attached hydrogens (tertiary/aromatic N) is 2. The average Bonchev–Trinajstić information content (AvgIpc) is 2.66. The van der Waals surface area contributed by atoms with Gasteiger partial charge in [-0.2, -0.15) is 5.10 Å². The Labute approximate surface area is 88.3 Å². The molecule has 0 unspecified atom stereocenters. The van der Waals surface area contributed by atoms with E-state index in [1.165, 1.54) is 0 Å². The van der Waals surface area contributed by atoms with Gasteiger partial charge in [0.2, 0.25) is 0 Å². The maximum absolute atomic E-state index is 5.74. The van der Waals surface area contributed by atoms with Crippen molar-refractivity contribution in [3.8, 4) is 11.4 Å². The van der Waals surface area contributed by atoms with Crippen LogP contribution in [0.1, 0.15) is 6.92 Å². The molecule has 4 heteroatoms. The molecular formula is C11H13N3O. The van der Waals surface area contributed by atoms with Crippen molar-refractivity contribution in [3.63, 3.8) is 0 Å². The Morgan fingerprint density at radius 3 is 2.53 bits per heavy atom. The van der Waals surface area contributed by atoms with Gasteiger partial charge in [0.25, 0.3) is 0 Å². The molecule has 0 fully saturated rings. The van der Waals surface area contributed by atoms with Crippen molar-refractivity contribution in [1.82, 2.24) is 9.78 Å². The van der Waals surface area contributed by atoms with Crippen molar-refractivity contribution in [2.45, 2.75) is 6.92 Å². The summed E-state index contributed by atoms with van der Waals surface area (Å²) >= 11 is 0. The lowest BCUT2D eigenvalue weighted by molar-refractivity contribution is 0.340. The third-order valence-electron chi connectivity index (χ3n) is 2.06. The van der Waals surface area contributed by atoms with Crippen LogP contribution in [0.5, 0.6) is 5.75 Å². The normalized spacial score (nSPS) is 10.2. The number of nitrogen functional groups attached to an aromatic ring is 1. The minimum absolute atomic E-state index is 0.624. The van der Waals surface area contributed by atoms with E-state index in [2.05, 4.69) is 5.10 Å². The Morgan fingerprint density at radius 2 is 2.00 bits per heavy atom. The van der Waals surface area contributed by atoms with E-state index < -0.39 is 0 Å². The zero-order chi connectivity index (χ0) is 10.7. The molecule has 0 atom stereocenters. The molecule has 0 saturated heterocycles. The first kappa shape index (κ1) is 9.58. The molecular weight excluding hydrogens is 190 g/mol. The lowest BCUT2D eigenvalue weighted by Crippen LogP contribution is -2.01. The molecule has 0 saturated carbocycles. The van der Waals surface area contributed by atoms with Gasteiger partial charge in [0.15, 0.2) is 0 Å². The van der Waals surface area contributed by atoms with Crippen LogP contribution in [0.15, 0.2) is 36.5 Å². The highest BCUT2D eigenvalue weighted by Crippen LogP contribution is 2.16. The number of anilines is 1. The van der Waals surface area contributed by atoms with Gasteiger partial charge in [0.1, 0.15) is 11.6 Å². The number of nitrogens with two attached hydrogens (primary N) is 1. The van der Waals surface area contributed by atoms with Crippen LogP contribution in [0.4, 0.5) is 5.82 Å². The number of aromatic nitrogens is 2. The SMILES string of the molecule is CCOc1ccc(-n2nccc2N)cc1. The summed E-state index contributed by atoms with van der Waals surface area (Å²) in [6, 6.07) is 9.42. The zero-order valence-corrected chi connectivity index (χ0v) is 8.55. The second-order valence-corrected chi connectivity index (χ2v) is 3.09. The van der Waals surface area contributed by atoms with E-state index in [1.54, 1.807) is 16.9 Å². The molecule has 0 aliphatic carbocycles. The van der Waals surface area contributed by atoms with Crippen molar-refractivity contribution in [1.29, 1.82) is 0 Å². The number of hydrogen-bond donors (Lipinski definition) is 1. The first-order valence-corrected chi connectivity index (χ1v) is 4.84. The predicted molar refractivity (Wildman–Crippen MR) is 59.1 cm³/mol. The van der Waals surface area contributed by atoms with E-state index in [0.29, 0.717) is 12.4 Å². The molecule has 1 aromatic carbocycles. The Bertz CT molecular complexity index is 433. The fourth-order valence-corrected chi connectivity index (χ4v) is 1.38. The standard InChI is InChI=1S/C11H13N3O/c1-2-15-10-5-3-9(4-6-10)14-11(12)7-8-13-14/h3-8H,2,12H2,1H3. The molecule has 2 rings (SSSR count). The Kier molecular flexibility index (Phi) is 2.58. The largest absolute Gasteiger partial charge is 0.494 e. The molecule has 1 aromatic heterocycles. The van der Waals surface area contributed by atoms with Crippen molar-refractivity contribution in [2.24, 2.45) is 0 Å². The maximum atomic E-state index is 5.74. The van der Waals surface area contributed by atoms with Gasteiger partial charge in [0, 0.05) is 6.07 Å². The molecule has 15 heavy (non-hydrogen) atoms. The topological polar surface area (TPSA) is 53.1 Å². The van der Waals surface area contributed by atoms with E-state index in [-0.39, 0.29) is 0 Å². The zero-order valence-electron chi connectivity index (χ0n) is 8.55. The van der Waals surface area contributed by atoms with E-state index in [0.717, 1.165) is 11.4 Å². The second kappa shape index (κ2) is 4.04. The molecule has 0 spiro atoms. The molecule has 0 aliphatic rings. The van der Waals surface area contributed by atoms with Gasteiger partial charge in [0.05, 0.1) is 18.5 Å².